The number of nitrogens with one attached hydrogen (secondary N) is 2. The molecule has 2 aromatic heterocycles. The highest BCUT2D eigenvalue weighted by molar-refractivity contribution is 7.91. The van der Waals surface area contributed by atoms with Gasteiger partial charge in [-0.25, -0.2) is 13.1 Å². The molecule has 1 amide bonds. The van der Waals surface area contributed by atoms with Gasteiger partial charge in [0.1, 0.15) is 0 Å². The van der Waals surface area contributed by atoms with Gasteiger partial charge < -0.3 is 9.73 Å². The van der Waals surface area contributed by atoms with E-state index in [0.29, 0.717) is 11.8 Å². The molecular formula is C9H12N6O4S2. The zero-order valence-corrected chi connectivity index (χ0v) is 12.8. The average molecular weight is 332 g/mol. The Labute approximate surface area is 124 Å². The second-order valence-electron chi connectivity index (χ2n) is 3.92. The second-order valence-corrected chi connectivity index (χ2v) is 6.84. The van der Waals surface area contributed by atoms with Crippen molar-refractivity contribution in [3.8, 4) is 0 Å². The van der Waals surface area contributed by atoms with E-state index in [1.54, 1.807) is 6.92 Å². The van der Waals surface area contributed by atoms with Crippen molar-refractivity contribution in [3.05, 3.63) is 11.8 Å². The van der Waals surface area contributed by atoms with Crippen LogP contribution in [0, 0.1) is 6.92 Å². The maximum Gasteiger partial charge on any atom is 0.269 e. The minimum Gasteiger partial charge on any atom is -0.426 e. The lowest BCUT2D eigenvalue weighted by atomic mass is 10.4. The van der Waals surface area contributed by atoms with Gasteiger partial charge in [0.25, 0.3) is 10.0 Å². The Hall–Kier alpha value is -1.92. The molecule has 0 radical (unpaired) electrons. The molecule has 2 N–H and O–H groups in total. The number of hydrogen-bond donors (Lipinski definition) is 2. The maximum absolute atomic E-state index is 11.9. The van der Waals surface area contributed by atoms with Crippen LogP contribution in [-0.2, 0) is 21.2 Å². The summed E-state index contributed by atoms with van der Waals surface area (Å²) in [7, 11) is -3.78. The van der Waals surface area contributed by atoms with E-state index in [4.69, 9.17) is 4.42 Å². The third-order valence-electron chi connectivity index (χ3n) is 2.12. The molecule has 0 aliphatic heterocycles. The Balaban J connectivity index is 1.94. The summed E-state index contributed by atoms with van der Waals surface area (Å²) in [5.41, 5.74) is 0. The highest BCUT2D eigenvalue weighted by Crippen LogP contribution is 2.19. The minimum atomic E-state index is -3.78. The molecule has 0 saturated heterocycles. The van der Waals surface area contributed by atoms with E-state index in [2.05, 4.69) is 30.4 Å². The van der Waals surface area contributed by atoms with E-state index in [0.717, 1.165) is 11.3 Å². The van der Waals surface area contributed by atoms with Crippen LogP contribution in [0.3, 0.4) is 0 Å². The van der Waals surface area contributed by atoms with Crippen molar-refractivity contribution >= 4 is 32.4 Å². The van der Waals surface area contributed by atoms with E-state index in [1.807, 2.05) is 0 Å². The van der Waals surface area contributed by atoms with Crippen LogP contribution in [0.4, 0.5) is 5.13 Å². The number of carbonyl (C=O) groups is 1. The molecule has 2 rings (SSSR count). The summed E-state index contributed by atoms with van der Waals surface area (Å²) in [6.07, 6.45) is 0.261. The van der Waals surface area contributed by atoms with Gasteiger partial charge in [-0.1, -0.05) is 11.3 Å². The minimum absolute atomic E-state index is 0.0824. The Kier molecular flexibility index (Phi) is 4.59. The highest BCUT2D eigenvalue weighted by atomic mass is 32.2. The molecule has 10 nitrogen and oxygen atoms in total. The molecule has 114 valence electrons. The maximum atomic E-state index is 11.9. The molecule has 2 aromatic rings. The lowest BCUT2D eigenvalue weighted by Crippen LogP contribution is -2.26. The second kappa shape index (κ2) is 6.24. The van der Waals surface area contributed by atoms with Crippen LogP contribution >= 0.6 is 11.3 Å². The summed E-state index contributed by atoms with van der Waals surface area (Å²) in [6.45, 7) is 3.02. The number of hydrogen-bond acceptors (Lipinski definition) is 9. The first-order valence-electron chi connectivity index (χ1n) is 5.76. The van der Waals surface area contributed by atoms with Gasteiger partial charge in [-0.05, 0) is 0 Å². The number of carbonyl (C=O) groups excluding carboxylic acids is 1. The van der Waals surface area contributed by atoms with Gasteiger partial charge in [-0.2, -0.15) is 0 Å². The number of aromatic nitrogens is 4. The molecule has 0 aromatic carbocycles. The van der Waals surface area contributed by atoms with E-state index in [9.17, 15) is 13.2 Å². The van der Waals surface area contributed by atoms with Crippen molar-refractivity contribution in [2.45, 2.75) is 24.6 Å². The SMILES string of the molecule is CC(=O)Nc1nnc(S(=O)(=O)NCCc2nnc(C)o2)s1. The molecular weight excluding hydrogens is 320 g/mol. The zero-order valence-electron chi connectivity index (χ0n) is 11.2. The predicted octanol–water partition coefficient (Wildman–Crippen LogP) is -0.291. The molecule has 0 aliphatic carbocycles. The van der Waals surface area contributed by atoms with Crippen LogP contribution in [-0.4, -0.2) is 41.3 Å². The first-order valence-corrected chi connectivity index (χ1v) is 8.06. The Bertz CT molecular complexity index is 737. The van der Waals surface area contributed by atoms with Crippen molar-refractivity contribution in [1.82, 2.24) is 25.1 Å². The quantitative estimate of drug-likeness (QED) is 0.688. The third kappa shape index (κ3) is 4.27. The average Bonchev–Trinajstić information content (AvgIpc) is 2.98. The fourth-order valence-electron chi connectivity index (χ4n) is 1.31. The van der Waals surface area contributed by atoms with E-state index in [1.165, 1.54) is 6.92 Å². The van der Waals surface area contributed by atoms with Gasteiger partial charge in [0.15, 0.2) is 0 Å². The Morgan fingerprint density at radius 1 is 1.29 bits per heavy atom. The van der Waals surface area contributed by atoms with Crippen LogP contribution in [0.25, 0.3) is 0 Å². The van der Waals surface area contributed by atoms with Crippen LogP contribution in [0.15, 0.2) is 8.76 Å². The lowest BCUT2D eigenvalue weighted by molar-refractivity contribution is -0.114. The standard InChI is InChI=1S/C9H12N6O4S2/c1-5(16)11-8-14-15-9(20-8)21(17,18)10-4-3-7-13-12-6(2)19-7/h10H,3-4H2,1-2H3,(H,11,14,16). The number of sulfonamides is 1. The monoisotopic (exact) mass is 332 g/mol. The van der Waals surface area contributed by atoms with Crippen LogP contribution < -0.4 is 10.0 Å². The van der Waals surface area contributed by atoms with Crippen molar-refractivity contribution in [2.24, 2.45) is 0 Å². The smallest absolute Gasteiger partial charge is 0.269 e. The number of anilines is 1. The fraction of sp³-hybridized carbons (Fsp3) is 0.444. The van der Waals surface area contributed by atoms with Crippen molar-refractivity contribution in [3.63, 3.8) is 0 Å². The molecule has 21 heavy (non-hydrogen) atoms. The van der Waals surface area contributed by atoms with Gasteiger partial charge in [-0.3, -0.25) is 4.79 Å². The van der Waals surface area contributed by atoms with Crippen LogP contribution in [0.1, 0.15) is 18.7 Å². The molecule has 2 heterocycles. The molecule has 0 saturated carbocycles. The van der Waals surface area contributed by atoms with Crippen molar-refractivity contribution in [2.75, 3.05) is 11.9 Å². The first-order chi connectivity index (χ1) is 9.87. The van der Waals surface area contributed by atoms with Gasteiger partial charge in [0.05, 0.1) is 0 Å². The molecule has 0 spiro atoms. The van der Waals surface area contributed by atoms with E-state index >= 15 is 0 Å². The molecule has 0 atom stereocenters. The molecule has 0 bridgehead atoms. The number of nitrogens with zero attached hydrogens (tertiary/aromatic N) is 4. The normalized spacial score (nSPS) is 11.5. The van der Waals surface area contributed by atoms with Crippen molar-refractivity contribution < 1.29 is 17.6 Å². The molecule has 12 heteroatoms. The van der Waals surface area contributed by atoms with E-state index < -0.39 is 10.0 Å². The molecule has 0 fully saturated rings. The topological polar surface area (TPSA) is 140 Å². The third-order valence-corrected chi connectivity index (χ3v) is 4.79. The summed E-state index contributed by atoms with van der Waals surface area (Å²) in [5, 5.41) is 17.0. The molecule has 0 aliphatic rings. The van der Waals surface area contributed by atoms with Gasteiger partial charge in [-0.15, -0.1) is 20.4 Å². The van der Waals surface area contributed by atoms with Crippen LogP contribution in [0.5, 0.6) is 0 Å². The Morgan fingerprint density at radius 2 is 2.05 bits per heavy atom. The van der Waals surface area contributed by atoms with Crippen molar-refractivity contribution in [1.29, 1.82) is 0 Å². The van der Waals surface area contributed by atoms with Gasteiger partial charge in [0, 0.05) is 26.8 Å². The number of rotatable bonds is 6. The highest BCUT2D eigenvalue weighted by Gasteiger charge is 2.20. The number of amides is 1. The largest absolute Gasteiger partial charge is 0.426 e. The summed E-state index contributed by atoms with van der Waals surface area (Å²) in [5.74, 6) is 0.401. The summed E-state index contributed by atoms with van der Waals surface area (Å²) in [6, 6.07) is 0. The van der Waals surface area contributed by atoms with Gasteiger partial charge in [0.2, 0.25) is 27.2 Å². The molecule has 0 unspecified atom stereocenters. The summed E-state index contributed by atoms with van der Waals surface area (Å²) < 4.78 is 31.1. The summed E-state index contributed by atoms with van der Waals surface area (Å²) >= 11 is 0.762. The number of aryl methyl sites for hydroxylation is 1. The van der Waals surface area contributed by atoms with E-state index in [-0.39, 0.29) is 28.3 Å². The zero-order chi connectivity index (χ0) is 15.5. The first kappa shape index (κ1) is 15.5. The van der Waals surface area contributed by atoms with Crippen LogP contribution in [0.2, 0.25) is 0 Å². The Morgan fingerprint density at radius 3 is 2.67 bits per heavy atom. The fourth-order valence-corrected chi connectivity index (χ4v) is 3.33. The summed E-state index contributed by atoms with van der Waals surface area (Å²) in [4.78, 5) is 10.8. The van der Waals surface area contributed by atoms with Gasteiger partial charge >= 0.3 is 0 Å². The lowest BCUT2D eigenvalue weighted by Gasteiger charge is -2.00. The predicted molar refractivity (Wildman–Crippen MR) is 72.1 cm³/mol.